The first-order valence-electron chi connectivity index (χ1n) is 6.20. The van der Waals surface area contributed by atoms with Crippen LogP contribution in [0, 0.1) is 23.1 Å². The molecule has 2 nitrogen and oxygen atoms in total. The molecule has 17 heavy (non-hydrogen) atoms. The van der Waals surface area contributed by atoms with Crippen LogP contribution in [0.1, 0.15) is 30.0 Å². The molecule has 0 radical (unpaired) electrons. The van der Waals surface area contributed by atoms with E-state index < -0.39 is 0 Å². The topological polar surface area (TPSA) is 27.0 Å². The van der Waals surface area contributed by atoms with Crippen LogP contribution in [0.4, 0.5) is 4.39 Å². The zero-order valence-electron chi connectivity index (χ0n) is 9.69. The van der Waals surface area contributed by atoms with Crippen LogP contribution in [-0.2, 0) is 6.42 Å². The second kappa shape index (κ2) is 4.12. The quantitative estimate of drug-likeness (QED) is 0.685. The maximum Gasteiger partial charge on any atom is 0.123 e. The second-order valence-corrected chi connectivity index (χ2v) is 5.00. The van der Waals surface area contributed by atoms with Gasteiger partial charge in [0.25, 0.3) is 0 Å². The van der Waals surface area contributed by atoms with Gasteiger partial charge in [0.15, 0.2) is 0 Å². The summed E-state index contributed by atoms with van der Waals surface area (Å²) in [6.07, 6.45) is 2.81. The van der Waals surface area contributed by atoms with Crippen molar-refractivity contribution < 1.29 is 4.39 Å². The number of piperidine rings is 1. The highest BCUT2D eigenvalue weighted by molar-refractivity contribution is 5.33. The number of hydrogen-bond acceptors (Lipinski definition) is 2. The van der Waals surface area contributed by atoms with Gasteiger partial charge in [-0.3, -0.25) is 4.90 Å². The Morgan fingerprint density at radius 1 is 1.35 bits per heavy atom. The Hall–Kier alpha value is -1.40. The molecule has 1 fully saturated rings. The van der Waals surface area contributed by atoms with Crippen molar-refractivity contribution in [3.05, 3.63) is 35.1 Å². The smallest absolute Gasteiger partial charge is 0.123 e. The average Bonchev–Trinajstić information content (AvgIpc) is 2.37. The maximum atomic E-state index is 13.2. The Morgan fingerprint density at radius 2 is 2.24 bits per heavy atom. The van der Waals surface area contributed by atoms with E-state index in [-0.39, 0.29) is 11.7 Å². The third-order valence-corrected chi connectivity index (χ3v) is 4.03. The van der Waals surface area contributed by atoms with Crippen molar-refractivity contribution >= 4 is 0 Å². The van der Waals surface area contributed by atoms with E-state index in [9.17, 15) is 4.39 Å². The molecule has 3 rings (SSSR count). The summed E-state index contributed by atoms with van der Waals surface area (Å²) in [5.74, 6) is 0.0112. The van der Waals surface area contributed by atoms with E-state index in [1.807, 2.05) is 6.07 Å². The van der Waals surface area contributed by atoms with E-state index in [2.05, 4.69) is 11.0 Å². The summed E-state index contributed by atoms with van der Waals surface area (Å²) in [4.78, 5) is 2.44. The monoisotopic (exact) mass is 230 g/mol. The molecule has 0 spiro atoms. The van der Waals surface area contributed by atoms with Gasteiger partial charge in [-0.25, -0.2) is 4.39 Å². The highest BCUT2D eigenvalue weighted by Crippen LogP contribution is 2.38. The van der Waals surface area contributed by atoms with E-state index in [1.54, 1.807) is 12.1 Å². The van der Waals surface area contributed by atoms with Crippen molar-refractivity contribution in [3.8, 4) is 6.07 Å². The Bertz CT molecular complexity index is 478. The summed E-state index contributed by atoms with van der Waals surface area (Å²) in [5, 5.41) is 9.04. The SMILES string of the molecule is N#CC1CCN2CCc3cc(F)ccc3C2C1. The summed E-state index contributed by atoms with van der Waals surface area (Å²) in [6, 6.07) is 7.81. The Balaban J connectivity index is 1.95. The van der Waals surface area contributed by atoms with Crippen LogP contribution in [0.25, 0.3) is 0 Å². The molecule has 2 aliphatic rings. The molecule has 0 saturated carbocycles. The van der Waals surface area contributed by atoms with Crippen molar-refractivity contribution in [2.24, 2.45) is 5.92 Å². The predicted molar refractivity (Wildman–Crippen MR) is 62.8 cm³/mol. The van der Waals surface area contributed by atoms with Gasteiger partial charge in [-0.2, -0.15) is 5.26 Å². The van der Waals surface area contributed by atoms with E-state index in [0.29, 0.717) is 6.04 Å². The van der Waals surface area contributed by atoms with Gasteiger partial charge in [0.2, 0.25) is 0 Å². The van der Waals surface area contributed by atoms with Crippen LogP contribution in [-0.4, -0.2) is 18.0 Å². The fourth-order valence-electron chi connectivity index (χ4n) is 3.10. The maximum absolute atomic E-state index is 13.2. The van der Waals surface area contributed by atoms with Gasteiger partial charge < -0.3 is 0 Å². The molecule has 88 valence electrons. The summed E-state index contributed by atoms with van der Waals surface area (Å²) >= 11 is 0. The molecule has 3 heteroatoms. The van der Waals surface area contributed by atoms with Gasteiger partial charge in [0.05, 0.1) is 6.07 Å². The standard InChI is InChI=1S/C14H15FN2/c15-12-1-2-13-11(8-12)4-6-17-5-3-10(9-16)7-14(13)17/h1-2,8,10,14H,3-7H2. The van der Waals surface area contributed by atoms with E-state index in [4.69, 9.17) is 5.26 Å². The van der Waals surface area contributed by atoms with Gasteiger partial charge in [0.1, 0.15) is 5.82 Å². The predicted octanol–water partition coefficient (Wildman–Crippen LogP) is 2.66. The molecule has 2 unspecified atom stereocenters. The van der Waals surface area contributed by atoms with E-state index in [1.165, 1.54) is 5.56 Å². The number of nitrogens with zero attached hydrogens (tertiary/aromatic N) is 2. The Morgan fingerprint density at radius 3 is 3.06 bits per heavy atom. The molecule has 2 heterocycles. The molecule has 1 aromatic carbocycles. The number of rotatable bonds is 0. The van der Waals surface area contributed by atoms with Crippen LogP contribution in [0.15, 0.2) is 18.2 Å². The van der Waals surface area contributed by atoms with Crippen LogP contribution in [0.3, 0.4) is 0 Å². The molecular weight excluding hydrogens is 215 g/mol. The average molecular weight is 230 g/mol. The third-order valence-electron chi connectivity index (χ3n) is 4.03. The zero-order valence-corrected chi connectivity index (χ0v) is 9.69. The first kappa shape index (κ1) is 10.7. The normalized spacial score (nSPS) is 28.0. The summed E-state index contributed by atoms with van der Waals surface area (Å²) in [6.45, 7) is 2.00. The van der Waals surface area contributed by atoms with Crippen molar-refractivity contribution in [3.63, 3.8) is 0 Å². The van der Waals surface area contributed by atoms with Crippen molar-refractivity contribution in [2.45, 2.75) is 25.3 Å². The van der Waals surface area contributed by atoms with Gasteiger partial charge >= 0.3 is 0 Å². The zero-order chi connectivity index (χ0) is 11.8. The van der Waals surface area contributed by atoms with Gasteiger partial charge in [-0.05, 0) is 42.5 Å². The van der Waals surface area contributed by atoms with E-state index in [0.717, 1.165) is 37.9 Å². The molecule has 2 atom stereocenters. The molecule has 2 aliphatic heterocycles. The first-order valence-corrected chi connectivity index (χ1v) is 6.20. The van der Waals surface area contributed by atoms with Crippen molar-refractivity contribution in [2.75, 3.05) is 13.1 Å². The van der Waals surface area contributed by atoms with Gasteiger partial charge in [-0.1, -0.05) is 6.07 Å². The molecule has 1 saturated heterocycles. The van der Waals surface area contributed by atoms with Crippen LogP contribution >= 0.6 is 0 Å². The fraction of sp³-hybridized carbons (Fsp3) is 0.500. The number of nitriles is 1. The fourth-order valence-corrected chi connectivity index (χ4v) is 3.10. The first-order chi connectivity index (χ1) is 8.28. The second-order valence-electron chi connectivity index (χ2n) is 5.00. The van der Waals surface area contributed by atoms with Gasteiger partial charge in [0, 0.05) is 25.0 Å². The molecule has 0 N–H and O–H groups in total. The van der Waals surface area contributed by atoms with Gasteiger partial charge in [-0.15, -0.1) is 0 Å². The molecule has 0 amide bonds. The summed E-state index contributed by atoms with van der Waals surface area (Å²) < 4.78 is 13.2. The number of hydrogen-bond donors (Lipinski definition) is 0. The lowest BCUT2D eigenvalue weighted by Gasteiger charge is -2.42. The minimum Gasteiger partial charge on any atom is -0.296 e. The minimum absolute atomic E-state index is 0.148. The lowest BCUT2D eigenvalue weighted by molar-refractivity contribution is 0.119. The third kappa shape index (κ3) is 1.83. The Labute approximate surface area is 101 Å². The largest absolute Gasteiger partial charge is 0.296 e. The lowest BCUT2D eigenvalue weighted by atomic mass is 9.83. The van der Waals surface area contributed by atoms with Crippen LogP contribution < -0.4 is 0 Å². The molecule has 0 bridgehead atoms. The van der Waals surface area contributed by atoms with Crippen molar-refractivity contribution in [1.29, 1.82) is 5.26 Å². The van der Waals surface area contributed by atoms with Crippen LogP contribution in [0.5, 0.6) is 0 Å². The van der Waals surface area contributed by atoms with Crippen molar-refractivity contribution in [1.82, 2.24) is 4.90 Å². The number of benzene rings is 1. The summed E-state index contributed by atoms with van der Waals surface area (Å²) in [7, 11) is 0. The van der Waals surface area contributed by atoms with Crippen LogP contribution in [0.2, 0.25) is 0 Å². The molecule has 1 aromatic rings. The molecular formula is C14H15FN2. The number of halogens is 1. The molecule has 0 aliphatic carbocycles. The number of fused-ring (bicyclic) bond motifs is 3. The highest BCUT2D eigenvalue weighted by atomic mass is 19.1. The lowest BCUT2D eigenvalue weighted by Crippen LogP contribution is -2.41. The minimum atomic E-state index is -0.148. The molecule has 0 aromatic heterocycles. The summed E-state index contributed by atoms with van der Waals surface area (Å²) in [5.41, 5.74) is 2.36. The highest BCUT2D eigenvalue weighted by Gasteiger charge is 2.33. The Kier molecular flexibility index (Phi) is 2.60. The van der Waals surface area contributed by atoms with E-state index >= 15 is 0 Å².